The molecule has 1 aromatic carbocycles. The monoisotopic (exact) mass is 336 g/mol. The molecule has 1 aliphatic rings. The van der Waals surface area contributed by atoms with Gasteiger partial charge in [0.2, 0.25) is 0 Å². The van der Waals surface area contributed by atoms with E-state index in [0.717, 1.165) is 22.4 Å². The zero-order valence-electron chi connectivity index (χ0n) is 10.6. The average molecular weight is 337 g/mol. The Balaban J connectivity index is 1.84. The lowest BCUT2D eigenvalue weighted by Crippen LogP contribution is -1.99. The van der Waals surface area contributed by atoms with Gasteiger partial charge in [0.25, 0.3) is 0 Å². The van der Waals surface area contributed by atoms with Crippen molar-refractivity contribution in [3.8, 4) is 17.0 Å². The van der Waals surface area contributed by atoms with Crippen LogP contribution in [0.2, 0.25) is 0 Å². The van der Waals surface area contributed by atoms with Crippen molar-refractivity contribution < 1.29 is 14.6 Å². The first-order valence-electron chi connectivity index (χ1n) is 6.35. The lowest BCUT2D eigenvalue weighted by Gasteiger charge is -2.08. The summed E-state index contributed by atoms with van der Waals surface area (Å²) in [7, 11) is 0. The van der Waals surface area contributed by atoms with Crippen LogP contribution < -0.4 is 4.74 Å². The van der Waals surface area contributed by atoms with Gasteiger partial charge in [-0.1, -0.05) is 6.07 Å². The molecular formula is C14H13BrN2O3. The largest absolute Gasteiger partial charge is 0.492 e. The van der Waals surface area contributed by atoms with Crippen molar-refractivity contribution in [2.24, 2.45) is 5.92 Å². The van der Waals surface area contributed by atoms with Crippen molar-refractivity contribution in [2.75, 3.05) is 6.61 Å². The van der Waals surface area contributed by atoms with E-state index in [1.165, 1.54) is 18.9 Å². The van der Waals surface area contributed by atoms with Crippen LogP contribution in [-0.2, 0) is 0 Å². The van der Waals surface area contributed by atoms with Gasteiger partial charge in [0, 0.05) is 5.56 Å². The summed E-state index contributed by atoms with van der Waals surface area (Å²) in [5.74, 6) is 0.412. The number of rotatable bonds is 5. The molecule has 0 amide bonds. The third kappa shape index (κ3) is 2.85. The first kappa shape index (κ1) is 13.2. The summed E-state index contributed by atoms with van der Waals surface area (Å²) < 4.78 is 6.66. The van der Waals surface area contributed by atoms with Crippen LogP contribution in [0, 0.1) is 5.92 Å². The number of H-pyrrole nitrogens is 1. The van der Waals surface area contributed by atoms with Crippen molar-refractivity contribution in [2.45, 2.75) is 12.8 Å². The van der Waals surface area contributed by atoms with Crippen LogP contribution in [0.4, 0.5) is 0 Å². The minimum absolute atomic E-state index is 0.0726. The number of aromatic carboxylic acids is 1. The van der Waals surface area contributed by atoms with E-state index in [1.807, 2.05) is 18.2 Å². The summed E-state index contributed by atoms with van der Waals surface area (Å²) in [6, 6.07) is 7.13. The lowest BCUT2D eigenvalue weighted by atomic mass is 10.1. The number of halogens is 1. The second-order valence-electron chi connectivity index (χ2n) is 4.87. The van der Waals surface area contributed by atoms with E-state index in [4.69, 9.17) is 9.84 Å². The number of benzene rings is 1. The molecule has 2 N–H and O–H groups in total. The molecule has 0 aliphatic heterocycles. The summed E-state index contributed by atoms with van der Waals surface area (Å²) in [4.78, 5) is 10.8. The maximum absolute atomic E-state index is 10.8. The first-order chi connectivity index (χ1) is 9.63. The van der Waals surface area contributed by atoms with Crippen LogP contribution in [0.5, 0.6) is 5.75 Å². The highest BCUT2D eigenvalue weighted by molar-refractivity contribution is 9.10. The molecule has 20 heavy (non-hydrogen) atoms. The molecule has 1 aliphatic carbocycles. The summed E-state index contributed by atoms with van der Waals surface area (Å²) in [5.41, 5.74) is 1.48. The standard InChI is InChI=1S/C14H13BrN2O3/c15-10-4-3-9(5-13(10)20-7-8-1-2-8)11-6-12(14(18)19)17-16-11/h3-6,8H,1-2,7H2,(H,16,17)(H,18,19). The summed E-state index contributed by atoms with van der Waals surface area (Å²) >= 11 is 3.45. The van der Waals surface area contributed by atoms with Gasteiger partial charge >= 0.3 is 5.97 Å². The number of ether oxygens (including phenoxy) is 1. The molecular weight excluding hydrogens is 324 g/mol. The zero-order valence-corrected chi connectivity index (χ0v) is 12.2. The molecule has 1 aromatic heterocycles. The number of carboxylic acids is 1. The zero-order chi connectivity index (χ0) is 14.1. The number of carbonyl (C=O) groups is 1. The molecule has 1 saturated carbocycles. The maximum Gasteiger partial charge on any atom is 0.353 e. The van der Waals surface area contributed by atoms with Crippen molar-refractivity contribution >= 4 is 21.9 Å². The van der Waals surface area contributed by atoms with Crippen LogP contribution in [-0.4, -0.2) is 27.9 Å². The van der Waals surface area contributed by atoms with E-state index in [-0.39, 0.29) is 5.69 Å². The van der Waals surface area contributed by atoms with Crippen molar-refractivity contribution in [1.82, 2.24) is 10.2 Å². The predicted molar refractivity (Wildman–Crippen MR) is 76.9 cm³/mol. The summed E-state index contributed by atoms with van der Waals surface area (Å²) in [6.07, 6.45) is 2.47. The lowest BCUT2D eigenvalue weighted by molar-refractivity contribution is 0.0690. The van der Waals surface area contributed by atoms with Crippen LogP contribution in [0.3, 0.4) is 0 Å². The Morgan fingerprint density at radius 1 is 1.45 bits per heavy atom. The summed E-state index contributed by atoms with van der Waals surface area (Å²) in [5, 5.41) is 15.4. The highest BCUT2D eigenvalue weighted by atomic mass is 79.9. The van der Waals surface area contributed by atoms with Gasteiger partial charge < -0.3 is 9.84 Å². The molecule has 0 spiro atoms. The third-order valence-electron chi connectivity index (χ3n) is 3.21. The highest BCUT2D eigenvalue weighted by Crippen LogP contribution is 2.34. The van der Waals surface area contributed by atoms with Gasteiger partial charge in [-0.2, -0.15) is 5.10 Å². The van der Waals surface area contributed by atoms with Gasteiger partial charge in [-0.15, -0.1) is 0 Å². The number of hydrogen-bond donors (Lipinski definition) is 2. The molecule has 5 nitrogen and oxygen atoms in total. The van der Waals surface area contributed by atoms with Gasteiger partial charge in [0.05, 0.1) is 16.8 Å². The van der Waals surface area contributed by atoms with Crippen molar-refractivity contribution in [1.29, 1.82) is 0 Å². The molecule has 0 saturated heterocycles. The predicted octanol–water partition coefficient (Wildman–Crippen LogP) is 3.33. The first-order valence-corrected chi connectivity index (χ1v) is 7.14. The van der Waals surface area contributed by atoms with Crippen molar-refractivity contribution in [3.63, 3.8) is 0 Å². The second-order valence-corrected chi connectivity index (χ2v) is 5.73. The van der Waals surface area contributed by atoms with Gasteiger partial charge in [-0.3, -0.25) is 5.10 Å². The molecule has 1 heterocycles. The SMILES string of the molecule is O=C(O)c1cc(-c2ccc(Br)c(OCC3CC3)c2)n[nH]1. The third-order valence-corrected chi connectivity index (χ3v) is 3.86. The van der Waals surface area contributed by atoms with Crippen LogP contribution >= 0.6 is 15.9 Å². The molecule has 0 radical (unpaired) electrons. The molecule has 0 atom stereocenters. The van der Waals surface area contributed by atoms with Gasteiger partial charge in [-0.25, -0.2) is 4.79 Å². The Morgan fingerprint density at radius 2 is 2.25 bits per heavy atom. The minimum Gasteiger partial charge on any atom is -0.492 e. The molecule has 1 fully saturated rings. The maximum atomic E-state index is 10.8. The van der Waals surface area contributed by atoms with Crippen LogP contribution in [0.25, 0.3) is 11.3 Å². The van der Waals surface area contributed by atoms with Crippen molar-refractivity contribution in [3.05, 3.63) is 34.4 Å². The number of aromatic nitrogens is 2. The quantitative estimate of drug-likeness (QED) is 0.878. The molecule has 6 heteroatoms. The number of carboxylic acid groups (broad SMARTS) is 1. The van der Waals surface area contributed by atoms with Crippen LogP contribution in [0.15, 0.2) is 28.7 Å². The number of nitrogens with zero attached hydrogens (tertiary/aromatic N) is 1. The fraction of sp³-hybridized carbons (Fsp3) is 0.286. The Morgan fingerprint density at radius 3 is 2.90 bits per heavy atom. The van der Waals surface area contributed by atoms with Gasteiger partial charge in [-0.05, 0) is 52.9 Å². The van der Waals surface area contributed by atoms with Crippen LogP contribution in [0.1, 0.15) is 23.3 Å². The highest BCUT2D eigenvalue weighted by Gasteiger charge is 2.22. The fourth-order valence-electron chi connectivity index (χ4n) is 1.84. The smallest absolute Gasteiger partial charge is 0.353 e. The Bertz CT molecular complexity index is 650. The van der Waals surface area contributed by atoms with E-state index in [0.29, 0.717) is 11.6 Å². The molecule has 2 aromatic rings. The minimum atomic E-state index is -1.02. The summed E-state index contributed by atoms with van der Waals surface area (Å²) in [6.45, 7) is 0.725. The number of hydrogen-bond acceptors (Lipinski definition) is 3. The van der Waals surface area contributed by atoms with E-state index in [9.17, 15) is 4.79 Å². The van der Waals surface area contributed by atoms with Gasteiger partial charge in [0.1, 0.15) is 11.4 Å². The molecule has 3 rings (SSSR count). The van der Waals surface area contributed by atoms with E-state index in [1.54, 1.807) is 0 Å². The molecule has 104 valence electrons. The number of aromatic amines is 1. The normalized spacial score (nSPS) is 14.2. The fourth-order valence-corrected chi connectivity index (χ4v) is 2.21. The van der Waals surface area contributed by atoms with E-state index >= 15 is 0 Å². The molecule has 0 bridgehead atoms. The van der Waals surface area contributed by atoms with E-state index < -0.39 is 5.97 Å². The Hall–Kier alpha value is -1.82. The average Bonchev–Trinajstić information content (AvgIpc) is 3.12. The van der Waals surface area contributed by atoms with Gasteiger partial charge in [0.15, 0.2) is 0 Å². The molecule has 0 unspecified atom stereocenters. The Labute approximate surface area is 124 Å². The van der Waals surface area contributed by atoms with E-state index in [2.05, 4.69) is 26.1 Å². The topological polar surface area (TPSA) is 75.2 Å². The Kier molecular flexibility index (Phi) is 3.48. The second kappa shape index (κ2) is 5.28. The number of nitrogens with one attached hydrogen (secondary N) is 1.